The number of amides is 1. The van der Waals surface area contributed by atoms with Crippen LogP contribution in [0.15, 0.2) is 23.7 Å². The van der Waals surface area contributed by atoms with Crippen LogP contribution in [0.1, 0.15) is 6.92 Å². The highest BCUT2D eigenvalue weighted by molar-refractivity contribution is 8.00. The molecule has 2 rings (SSSR count). The van der Waals surface area contributed by atoms with Crippen molar-refractivity contribution in [2.75, 3.05) is 11.2 Å². The fourth-order valence-corrected chi connectivity index (χ4v) is 2.43. The van der Waals surface area contributed by atoms with E-state index < -0.39 is 5.25 Å². The Morgan fingerprint density at radius 3 is 2.90 bits per heavy atom. The highest BCUT2D eigenvalue weighted by atomic mass is 35.5. The Morgan fingerprint density at radius 2 is 2.30 bits per heavy atom. The van der Waals surface area contributed by atoms with Crippen LogP contribution in [0.25, 0.3) is 0 Å². The molecule has 0 unspecified atom stereocenters. The van der Waals surface area contributed by atoms with Crippen molar-refractivity contribution in [3.8, 4) is 0 Å². The van der Waals surface area contributed by atoms with Crippen molar-refractivity contribution in [2.45, 2.75) is 17.3 Å². The molecule has 0 bridgehead atoms. The van der Waals surface area contributed by atoms with Crippen molar-refractivity contribution in [1.82, 2.24) is 19.9 Å². The third kappa shape index (κ3) is 3.53. The van der Waals surface area contributed by atoms with Crippen LogP contribution in [0.4, 0.5) is 5.82 Å². The molecule has 0 saturated carbocycles. The van der Waals surface area contributed by atoms with Gasteiger partial charge in [0.1, 0.15) is 6.33 Å². The van der Waals surface area contributed by atoms with Gasteiger partial charge in [-0.15, -0.1) is 10.2 Å². The number of nitrogens with zero attached hydrogens (tertiary/aromatic N) is 4. The summed E-state index contributed by atoms with van der Waals surface area (Å²) in [4.78, 5) is 16.0. The highest BCUT2D eigenvalue weighted by Gasteiger charge is 2.19. The van der Waals surface area contributed by atoms with Gasteiger partial charge in [0.05, 0.1) is 15.3 Å². The first-order valence-corrected chi connectivity index (χ1v) is 7.04. The number of thioether (sulfide) groups is 1. The van der Waals surface area contributed by atoms with Crippen LogP contribution in [0.5, 0.6) is 0 Å². The Kier molecular flexibility index (Phi) is 4.69. The van der Waals surface area contributed by atoms with E-state index in [4.69, 9.17) is 29.0 Å². The Bertz CT molecular complexity index is 634. The Labute approximate surface area is 128 Å². The maximum Gasteiger partial charge on any atom is 0.238 e. The molecule has 0 aromatic carbocycles. The highest BCUT2D eigenvalue weighted by Crippen LogP contribution is 2.25. The fraction of sp³-hybridized carbons (Fsp3) is 0.200. The first-order valence-electron chi connectivity index (χ1n) is 5.41. The molecule has 20 heavy (non-hydrogen) atoms. The van der Waals surface area contributed by atoms with Crippen LogP contribution in [-0.2, 0) is 4.79 Å². The van der Waals surface area contributed by atoms with Crippen LogP contribution in [-0.4, -0.2) is 31.0 Å². The predicted molar refractivity (Wildman–Crippen MR) is 78.4 cm³/mol. The summed E-state index contributed by atoms with van der Waals surface area (Å²) in [5.41, 5.74) is 0. The number of nitrogen functional groups attached to an aromatic ring is 1. The number of carbonyl (C=O) groups is 1. The third-order valence-corrected chi connectivity index (χ3v) is 3.81. The minimum Gasteiger partial charge on any atom is -0.336 e. The number of hydrogen-bond donors (Lipinski definition) is 2. The first-order chi connectivity index (χ1) is 9.47. The summed E-state index contributed by atoms with van der Waals surface area (Å²) in [6, 6.07) is 1.50. The van der Waals surface area contributed by atoms with Gasteiger partial charge in [0.2, 0.25) is 11.1 Å². The molecular weight excluding hydrogens is 323 g/mol. The standard InChI is InChI=1S/C10H10Cl2N6OS/c1-5(20-10-17-15-4-18(10)13)9(19)16-8-7(12)2-6(11)3-14-8/h2-5H,13H2,1H3,(H,14,16,19)/t5-/m0/s1. The van der Waals surface area contributed by atoms with E-state index >= 15 is 0 Å². The number of hydrogen-bond acceptors (Lipinski definition) is 6. The quantitative estimate of drug-likeness (QED) is 0.654. The molecule has 106 valence electrons. The fourth-order valence-electron chi connectivity index (χ4n) is 1.25. The molecule has 10 heteroatoms. The van der Waals surface area contributed by atoms with Gasteiger partial charge < -0.3 is 11.2 Å². The van der Waals surface area contributed by atoms with Crippen molar-refractivity contribution in [3.63, 3.8) is 0 Å². The molecule has 0 radical (unpaired) electrons. The van der Waals surface area contributed by atoms with E-state index in [1.165, 1.54) is 35.0 Å². The van der Waals surface area contributed by atoms with Gasteiger partial charge in [-0.2, -0.15) is 0 Å². The predicted octanol–water partition coefficient (Wildman–Crippen LogP) is 1.81. The molecular formula is C10H10Cl2N6OS. The van der Waals surface area contributed by atoms with Crippen LogP contribution in [0.3, 0.4) is 0 Å². The van der Waals surface area contributed by atoms with Crippen LogP contribution >= 0.6 is 35.0 Å². The molecule has 0 aliphatic rings. The van der Waals surface area contributed by atoms with Crippen LogP contribution in [0.2, 0.25) is 10.0 Å². The number of anilines is 1. The summed E-state index contributed by atoms with van der Waals surface area (Å²) in [6.07, 6.45) is 2.75. The summed E-state index contributed by atoms with van der Waals surface area (Å²) >= 11 is 12.8. The van der Waals surface area contributed by atoms with Gasteiger partial charge in [0.15, 0.2) is 5.82 Å². The molecule has 3 N–H and O–H groups in total. The Hall–Kier alpha value is -1.51. The largest absolute Gasteiger partial charge is 0.336 e. The molecule has 0 saturated heterocycles. The van der Waals surface area contributed by atoms with Gasteiger partial charge in [-0.25, -0.2) is 9.66 Å². The second-order valence-corrected chi connectivity index (χ2v) is 5.91. The van der Waals surface area contributed by atoms with E-state index in [9.17, 15) is 4.79 Å². The van der Waals surface area contributed by atoms with Gasteiger partial charge in [-0.3, -0.25) is 4.79 Å². The molecule has 1 atom stereocenters. The number of pyridine rings is 1. The van der Waals surface area contributed by atoms with Crippen molar-refractivity contribution < 1.29 is 4.79 Å². The van der Waals surface area contributed by atoms with Crippen molar-refractivity contribution in [1.29, 1.82) is 0 Å². The molecule has 7 nitrogen and oxygen atoms in total. The summed E-state index contributed by atoms with van der Waals surface area (Å²) in [7, 11) is 0. The molecule has 0 spiro atoms. The van der Waals surface area contributed by atoms with E-state index in [-0.39, 0.29) is 16.7 Å². The normalized spacial score (nSPS) is 12.2. The number of carbonyl (C=O) groups excluding carboxylic acids is 1. The minimum atomic E-state index is -0.449. The van der Waals surface area contributed by atoms with E-state index in [0.717, 1.165) is 0 Å². The average Bonchev–Trinajstić information content (AvgIpc) is 2.78. The lowest BCUT2D eigenvalue weighted by molar-refractivity contribution is -0.115. The summed E-state index contributed by atoms with van der Waals surface area (Å²) in [5, 5.41) is 10.7. The van der Waals surface area contributed by atoms with E-state index in [1.807, 2.05) is 0 Å². The van der Waals surface area contributed by atoms with Crippen LogP contribution in [0, 0.1) is 0 Å². The lowest BCUT2D eigenvalue weighted by Crippen LogP contribution is -2.24. The maximum absolute atomic E-state index is 12.0. The molecule has 2 aromatic heterocycles. The second kappa shape index (κ2) is 6.29. The summed E-state index contributed by atoms with van der Waals surface area (Å²) < 4.78 is 1.24. The molecule has 1 amide bonds. The zero-order chi connectivity index (χ0) is 14.7. The summed E-state index contributed by atoms with van der Waals surface area (Å²) in [6.45, 7) is 1.71. The van der Waals surface area contributed by atoms with Gasteiger partial charge in [0.25, 0.3) is 0 Å². The topological polar surface area (TPSA) is 98.7 Å². The van der Waals surface area contributed by atoms with E-state index in [0.29, 0.717) is 10.2 Å². The van der Waals surface area contributed by atoms with E-state index in [1.54, 1.807) is 6.92 Å². The summed E-state index contributed by atoms with van der Waals surface area (Å²) in [5.74, 6) is 5.54. The van der Waals surface area contributed by atoms with Crippen molar-refractivity contribution >= 4 is 46.7 Å². The SMILES string of the molecule is C[C@H](Sc1nncn1N)C(=O)Nc1ncc(Cl)cc1Cl. The zero-order valence-corrected chi connectivity index (χ0v) is 12.6. The number of halogens is 2. The van der Waals surface area contributed by atoms with Gasteiger partial charge >= 0.3 is 0 Å². The Morgan fingerprint density at radius 1 is 1.55 bits per heavy atom. The maximum atomic E-state index is 12.0. The number of rotatable bonds is 4. The molecule has 2 aromatic rings. The molecule has 0 fully saturated rings. The molecule has 2 heterocycles. The van der Waals surface area contributed by atoms with E-state index in [2.05, 4.69) is 20.5 Å². The first kappa shape index (κ1) is 14.9. The van der Waals surface area contributed by atoms with Crippen molar-refractivity contribution in [2.24, 2.45) is 0 Å². The van der Waals surface area contributed by atoms with Gasteiger partial charge in [-0.05, 0) is 13.0 Å². The third-order valence-electron chi connectivity index (χ3n) is 2.24. The lowest BCUT2D eigenvalue weighted by Gasteiger charge is -2.11. The van der Waals surface area contributed by atoms with Crippen molar-refractivity contribution in [3.05, 3.63) is 28.6 Å². The number of nitrogens with two attached hydrogens (primary N) is 1. The Balaban J connectivity index is 2.02. The van der Waals surface area contributed by atoms with Gasteiger partial charge in [0, 0.05) is 6.20 Å². The van der Waals surface area contributed by atoms with Gasteiger partial charge in [-0.1, -0.05) is 35.0 Å². The lowest BCUT2D eigenvalue weighted by atomic mass is 10.4. The van der Waals surface area contributed by atoms with Crippen LogP contribution < -0.4 is 11.2 Å². The number of nitrogens with one attached hydrogen (secondary N) is 1. The average molecular weight is 333 g/mol. The smallest absolute Gasteiger partial charge is 0.238 e. The molecule has 0 aliphatic carbocycles. The monoisotopic (exact) mass is 332 g/mol. The second-order valence-electron chi connectivity index (χ2n) is 3.75. The zero-order valence-electron chi connectivity index (χ0n) is 10.2. The minimum absolute atomic E-state index is 0.253. The number of aromatic nitrogens is 4. The molecule has 0 aliphatic heterocycles.